The first-order valence-electron chi connectivity index (χ1n) is 7.61. The second-order valence-corrected chi connectivity index (χ2v) is 5.57. The molecule has 0 saturated heterocycles. The van der Waals surface area contributed by atoms with E-state index in [0.29, 0.717) is 12.6 Å². The average molecular weight is 288 g/mol. The fraction of sp³-hybridized carbons (Fsp3) is 0.562. The minimum Gasteiger partial charge on any atom is -0.294 e. The van der Waals surface area contributed by atoms with Gasteiger partial charge in [-0.2, -0.15) is 10.2 Å². The fourth-order valence-electron chi connectivity index (χ4n) is 2.60. The number of carbonyl (C=O) groups excluding carboxylic acids is 1. The van der Waals surface area contributed by atoms with Gasteiger partial charge in [-0.05, 0) is 39.7 Å². The van der Waals surface area contributed by atoms with E-state index in [0.717, 1.165) is 35.5 Å². The molecule has 0 aliphatic heterocycles. The maximum Gasteiger partial charge on any atom is 0.163 e. The molecule has 5 nitrogen and oxygen atoms in total. The summed E-state index contributed by atoms with van der Waals surface area (Å²) in [5.41, 5.74) is 3.67. The Bertz CT molecular complexity index is 637. The van der Waals surface area contributed by atoms with Gasteiger partial charge in [0.25, 0.3) is 0 Å². The number of nitrogens with zero attached hydrogens (tertiary/aromatic N) is 4. The Morgan fingerprint density at radius 2 is 1.95 bits per heavy atom. The molecular formula is C16H24N4O. The molecule has 0 fully saturated rings. The van der Waals surface area contributed by atoms with Gasteiger partial charge in [0, 0.05) is 17.9 Å². The summed E-state index contributed by atoms with van der Waals surface area (Å²) in [6, 6.07) is 2.36. The second kappa shape index (κ2) is 6.24. The van der Waals surface area contributed by atoms with E-state index in [1.165, 1.54) is 0 Å². The summed E-state index contributed by atoms with van der Waals surface area (Å²) < 4.78 is 3.87. The molecule has 0 atom stereocenters. The molecule has 0 saturated carbocycles. The first kappa shape index (κ1) is 15.5. The van der Waals surface area contributed by atoms with Crippen LogP contribution in [0.3, 0.4) is 0 Å². The minimum atomic E-state index is 0.0997. The van der Waals surface area contributed by atoms with E-state index in [1.807, 2.05) is 28.6 Å². The van der Waals surface area contributed by atoms with Gasteiger partial charge >= 0.3 is 0 Å². The standard InChI is InChI=1S/C16H24N4O/c1-6-14-16(12(5)21)15(7-2)20(18-14)10-13-8-9-19(17-13)11(3)4/h8-9,11H,6-7,10H2,1-5H3. The van der Waals surface area contributed by atoms with Gasteiger partial charge in [-0.3, -0.25) is 14.2 Å². The number of rotatable bonds is 6. The average Bonchev–Trinajstić information content (AvgIpc) is 3.03. The lowest BCUT2D eigenvalue weighted by Crippen LogP contribution is -2.09. The van der Waals surface area contributed by atoms with Crippen molar-refractivity contribution in [3.05, 3.63) is 34.9 Å². The van der Waals surface area contributed by atoms with Crippen molar-refractivity contribution >= 4 is 5.78 Å². The smallest absolute Gasteiger partial charge is 0.163 e. The van der Waals surface area contributed by atoms with Crippen molar-refractivity contribution in [3.63, 3.8) is 0 Å². The van der Waals surface area contributed by atoms with Gasteiger partial charge in [-0.15, -0.1) is 0 Å². The maximum atomic E-state index is 11.9. The van der Waals surface area contributed by atoms with Crippen molar-refractivity contribution in [2.24, 2.45) is 0 Å². The molecule has 21 heavy (non-hydrogen) atoms. The molecule has 0 aliphatic carbocycles. The highest BCUT2D eigenvalue weighted by molar-refractivity contribution is 5.96. The largest absolute Gasteiger partial charge is 0.294 e. The first-order valence-corrected chi connectivity index (χ1v) is 7.61. The van der Waals surface area contributed by atoms with E-state index in [-0.39, 0.29) is 5.78 Å². The molecular weight excluding hydrogens is 264 g/mol. The van der Waals surface area contributed by atoms with E-state index >= 15 is 0 Å². The molecule has 114 valence electrons. The van der Waals surface area contributed by atoms with E-state index in [4.69, 9.17) is 0 Å². The topological polar surface area (TPSA) is 52.7 Å². The summed E-state index contributed by atoms with van der Waals surface area (Å²) in [5.74, 6) is 0.0997. The van der Waals surface area contributed by atoms with Gasteiger partial charge in [0.05, 0.1) is 23.5 Å². The van der Waals surface area contributed by atoms with Gasteiger partial charge in [-0.25, -0.2) is 0 Å². The molecule has 5 heteroatoms. The summed E-state index contributed by atoms with van der Waals surface area (Å²) in [6.45, 7) is 10.5. The summed E-state index contributed by atoms with van der Waals surface area (Å²) in [4.78, 5) is 11.9. The van der Waals surface area contributed by atoms with Crippen molar-refractivity contribution in [2.45, 2.75) is 60.0 Å². The second-order valence-electron chi connectivity index (χ2n) is 5.57. The lowest BCUT2D eigenvalue weighted by Gasteiger charge is -2.06. The van der Waals surface area contributed by atoms with Crippen LogP contribution in [0, 0.1) is 0 Å². The van der Waals surface area contributed by atoms with Crippen LogP contribution in [0.1, 0.15) is 68.1 Å². The third kappa shape index (κ3) is 3.06. The molecule has 0 bridgehead atoms. The van der Waals surface area contributed by atoms with Crippen molar-refractivity contribution in [1.29, 1.82) is 0 Å². The Hall–Kier alpha value is -1.91. The molecule has 0 spiro atoms. The molecule has 2 rings (SSSR count). The highest BCUT2D eigenvalue weighted by Crippen LogP contribution is 2.18. The molecule has 0 unspecified atom stereocenters. The SMILES string of the molecule is CCc1nn(Cc2ccn(C(C)C)n2)c(CC)c1C(C)=O. The number of aryl methyl sites for hydroxylation is 1. The zero-order valence-corrected chi connectivity index (χ0v) is 13.6. The summed E-state index contributed by atoms with van der Waals surface area (Å²) >= 11 is 0. The number of hydrogen-bond acceptors (Lipinski definition) is 3. The molecule has 0 radical (unpaired) electrons. The van der Waals surface area contributed by atoms with Gasteiger partial charge < -0.3 is 0 Å². The predicted molar refractivity (Wildman–Crippen MR) is 82.7 cm³/mol. The van der Waals surface area contributed by atoms with Crippen LogP contribution in [0.4, 0.5) is 0 Å². The van der Waals surface area contributed by atoms with Crippen molar-refractivity contribution in [2.75, 3.05) is 0 Å². The minimum absolute atomic E-state index is 0.0997. The van der Waals surface area contributed by atoms with E-state index < -0.39 is 0 Å². The van der Waals surface area contributed by atoms with Gasteiger partial charge in [-0.1, -0.05) is 13.8 Å². The number of Topliss-reactive ketones (excluding diaryl/α,β-unsaturated/α-hetero) is 1. The van der Waals surface area contributed by atoms with Crippen molar-refractivity contribution < 1.29 is 4.79 Å². The number of carbonyl (C=O) groups is 1. The number of ketones is 1. The molecule has 0 N–H and O–H groups in total. The normalized spacial score (nSPS) is 11.3. The van der Waals surface area contributed by atoms with Crippen LogP contribution in [0.25, 0.3) is 0 Å². The molecule has 0 aromatic carbocycles. The van der Waals surface area contributed by atoms with Crippen LogP contribution in [0.15, 0.2) is 12.3 Å². The van der Waals surface area contributed by atoms with Crippen LogP contribution < -0.4 is 0 Å². The highest BCUT2D eigenvalue weighted by atomic mass is 16.1. The monoisotopic (exact) mass is 288 g/mol. The Morgan fingerprint density at radius 1 is 1.24 bits per heavy atom. The van der Waals surface area contributed by atoms with E-state index in [2.05, 4.69) is 31.0 Å². The van der Waals surface area contributed by atoms with Crippen LogP contribution >= 0.6 is 0 Å². The molecule has 0 aliphatic rings. The Balaban J connectivity index is 2.36. The zero-order valence-electron chi connectivity index (χ0n) is 13.6. The summed E-state index contributed by atoms with van der Waals surface area (Å²) in [7, 11) is 0. The Labute approximate surface area is 126 Å². The van der Waals surface area contributed by atoms with E-state index in [9.17, 15) is 4.79 Å². The Morgan fingerprint density at radius 3 is 2.43 bits per heavy atom. The van der Waals surface area contributed by atoms with Crippen LogP contribution in [-0.2, 0) is 19.4 Å². The Kier molecular flexibility index (Phi) is 4.60. The van der Waals surface area contributed by atoms with Crippen molar-refractivity contribution in [3.8, 4) is 0 Å². The molecule has 0 amide bonds. The quantitative estimate of drug-likeness (QED) is 0.768. The van der Waals surface area contributed by atoms with Gasteiger partial charge in [0.1, 0.15) is 0 Å². The first-order chi connectivity index (χ1) is 9.97. The maximum absolute atomic E-state index is 11.9. The third-order valence-corrected chi connectivity index (χ3v) is 3.66. The van der Waals surface area contributed by atoms with Crippen LogP contribution in [0.5, 0.6) is 0 Å². The lowest BCUT2D eigenvalue weighted by molar-refractivity contribution is 0.101. The van der Waals surface area contributed by atoms with Gasteiger partial charge in [0.2, 0.25) is 0 Å². The van der Waals surface area contributed by atoms with Crippen molar-refractivity contribution in [1.82, 2.24) is 19.6 Å². The van der Waals surface area contributed by atoms with E-state index in [1.54, 1.807) is 6.92 Å². The van der Waals surface area contributed by atoms with Crippen LogP contribution in [-0.4, -0.2) is 25.3 Å². The summed E-state index contributed by atoms with van der Waals surface area (Å²) in [5, 5.41) is 9.18. The molecule has 2 aromatic heterocycles. The molecule has 2 heterocycles. The summed E-state index contributed by atoms with van der Waals surface area (Å²) in [6.07, 6.45) is 3.56. The number of aromatic nitrogens is 4. The number of hydrogen-bond donors (Lipinski definition) is 0. The zero-order chi connectivity index (χ0) is 15.6. The highest BCUT2D eigenvalue weighted by Gasteiger charge is 2.19. The lowest BCUT2D eigenvalue weighted by atomic mass is 10.1. The predicted octanol–water partition coefficient (Wildman–Crippen LogP) is 3.04. The fourth-order valence-corrected chi connectivity index (χ4v) is 2.60. The molecule has 2 aromatic rings. The van der Waals surface area contributed by atoms with Crippen LogP contribution in [0.2, 0.25) is 0 Å². The van der Waals surface area contributed by atoms with Gasteiger partial charge in [0.15, 0.2) is 5.78 Å². The third-order valence-electron chi connectivity index (χ3n) is 3.66.